The van der Waals surface area contributed by atoms with Gasteiger partial charge in [0.2, 0.25) is 5.28 Å². The Hall–Kier alpha value is -4.35. The fourth-order valence-electron chi connectivity index (χ4n) is 4.02. The zero-order valence-corrected chi connectivity index (χ0v) is 18.8. The summed E-state index contributed by atoms with van der Waals surface area (Å²) < 4.78 is 2.17. The van der Waals surface area contributed by atoms with Crippen molar-refractivity contribution in [1.82, 2.24) is 24.5 Å². The van der Waals surface area contributed by atoms with E-state index in [4.69, 9.17) is 16.6 Å². The van der Waals surface area contributed by atoms with Gasteiger partial charge in [0.05, 0.1) is 11.0 Å². The van der Waals surface area contributed by atoms with Crippen LogP contribution in [0.5, 0.6) is 0 Å². The number of para-hydroxylation sites is 2. The molecule has 0 aliphatic heterocycles. The van der Waals surface area contributed by atoms with E-state index in [0.717, 1.165) is 39.2 Å². The molecule has 6 heteroatoms. The predicted octanol–water partition coefficient (Wildman–Crippen LogP) is 6.86. The lowest BCUT2D eigenvalue weighted by Crippen LogP contribution is -1.99. The van der Waals surface area contributed by atoms with E-state index in [1.54, 1.807) is 0 Å². The number of aromatic nitrogens is 5. The number of nitrogens with zero attached hydrogens (tertiary/aromatic N) is 5. The van der Waals surface area contributed by atoms with Crippen LogP contribution in [0.3, 0.4) is 0 Å². The molecule has 162 valence electrons. The molecule has 0 aliphatic rings. The van der Waals surface area contributed by atoms with Gasteiger partial charge in [-0.05, 0) is 48.0 Å². The van der Waals surface area contributed by atoms with Gasteiger partial charge in [-0.25, -0.2) is 9.97 Å². The van der Waals surface area contributed by atoms with Gasteiger partial charge in [0.25, 0.3) is 0 Å². The van der Waals surface area contributed by atoms with Crippen molar-refractivity contribution >= 4 is 22.6 Å². The Labute approximate surface area is 201 Å². The third kappa shape index (κ3) is 3.72. The van der Waals surface area contributed by atoms with Gasteiger partial charge in [-0.2, -0.15) is 9.97 Å². The summed E-state index contributed by atoms with van der Waals surface area (Å²) in [6.45, 7) is 0. The molecule has 0 amide bonds. The first-order valence-corrected chi connectivity index (χ1v) is 11.2. The van der Waals surface area contributed by atoms with Crippen LogP contribution in [0.1, 0.15) is 0 Å². The van der Waals surface area contributed by atoms with Crippen LogP contribution in [0.2, 0.25) is 5.28 Å². The van der Waals surface area contributed by atoms with Gasteiger partial charge < -0.3 is 0 Å². The molecule has 0 N–H and O–H groups in total. The lowest BCUT2D eigenvalue weighted by atomic mass is 10.1. The van der Waals surface area contributed by atoms with Gasteiger partial charge in [0.1, 0.15) is 5.82 Å². The number of hydrogen-bond acceptors (Lipinski definition) is 4. The van der Waals surface area contributed by atoms with E-state index in [1.807, 2.05) is 78.9 Å². The molecule has 5 nitrogen and oxygen atoms in total. The van der Waals surface area contributed by atoms with E-state index in [9.17, 15) is 0 Å². The number of benzene rings is 4. The summed E-state index contributed by atoms with van der Waals surface area (Å²) in [6, 6.07) is 36.2. The number of imidazole rings is 1. The Morgan fingerprint density at radius 2 is 1.06 bits per heavy atom. The van der Waals surface area contributed by atoms with E-state index in [2.05, 4.69) is 49.9 Å². The summed E-state index contributed by atoms with van der Waals surface area (Å²) in [4.78, 5) is 18.2. The normalized spacial score (nSPS) is 11.1. The molecule has 6 rings (SSSR count). The van der Waals surface area contributed by atoms with E-state index in [0.29, 0.717) is 11.6 Å². The predicted molar refractivity (Wildman–Crippen MR) is 136 cm³/mol. The largest absolute Gasteiger partial charge is 0.292 e. The van der Waals surface area contributed by atoms with Gasteiger partial charge in [-0.1, -0.05) is 72.8 Å². The summed E-state index contributed by atoms with van der Waals surface area (Å²) in [7, 11) is 0. The summed E-state index contributed by atoms with van der Waals surface area (Å²) in [5.74, 6) is 1.97. The van der Waals surface area contributed by atoms with E-state index in [1.165, 1.54) is 0 Å². The fourth-order valence-corrected chi connectivity index (χ4v) is 4.18. The van der Waals surface area contributed by atoms with Crippen molar-refractivity contribution in [2.45, 2.75) is 0 Å². The van der Waals surface area contributed by atoms with Crippen LogP contribution in [-0.2, 0) is 0 Å². The first kappa shape index (κ1) is 20.3. The smallest absolute Gasteiger partial charge is 0.226 e. The van der Waals surface area contributed by atoms with Crippen molar-refractivity contribution in [1.29, 1.82) is 0 Å². The van der Waals surface area contributed by atoms with Crippen molar-refractivity contribution in [3.8, 4) is 39.9 Å². The van der Waals surface area contributed by atoms with Gasteiger partial charge in [0, 0.05) is 22.4 Å². The van der Waals surface area contributed by atoms with Gasteiger partial charge in [0.15, 0.2) is 11.6 Å². The molecular formula is C28H18ClN5. The number of fused-ring (bicyclic) bond motifs is 1. The lowest BCUT2D eigenvalue weighted by Gasteiger charge is -2.11. The van der Waals surface area contributed by atoms with E-state index in [-0.39, 0.29) is 5.28 Å². The Bertz CT molecular complexity index is 1590. The topological polar surface area (TPSA) is 56.5 Å². The average molecular weight is 460 g/mol. The van der Waals surface area contributed by atoms with Crippen molar-refractivity contribution in [2.24, 2.45) is 0 Å². The van der Waals surface area contributed by atoms with E-state index < -0.39 is 0 Å². The highest BCUT2D eigenvalue weighted by molar-refractivity contribution is 6.28. The third-order valence-corrected chi connectivity index (χ3v) is 5.79. The maximum absolute atomic E-state index is 6.24. The molecule has 0 saturated carbocycles. The summed E-state index contributed by atoms with van der Waals surface area (Å²) in [6.07, 6.45) is 0. The molecule has 34 heavy (non-hydrogen) atoms. The van der Waals surface area contributed by atoms with Crippen LogP contribution in [0.25, 0.3) is 50.9 Å². The van der Waals surface area contributed by atoms with Gasteiger partial charge >= 0.3 is 0 Å². The molecule has 0 aliphatic carbocycles. The van der Waals surface area contributed by atoms with Crippen LogP contribution in [0, 0.1) is 0 Å². The highest BCUT2D eigenvalue weighted by Crippen LogP contribution is 2.30. The molecule has 2 aromatic heterocycles. The van der Waals surface area contributed by atoms with Crippen LogP contribution >= 0.6 is 11.6 Å². The number of hydrogen-bond donors (Lipinski definition) is 0. The quantitative estimate of drug-likeness (QED) is 0.289. The molecule has 4 aromatic carbocycles. The Kier molecular flexibility index (Phi) is 5.09. The SMILES string of the molecule is Clc1nc(-c2ccccc2)nc(-c2ccc(-n3c(-c4ccccc4)nc4ccccc43)cc2)n1. The second-order valence-electron chi connectivity index (χ2n) is 7.79. The first-order chi connectivity index (χ1) is 16.8. The molecule has 0 fully saturated rings. The zero-order chi connectivity index (χ0) is 22.9. The molecule has 6 aromatic rings. The summed E-state index contributed by atoms with van der Waals surface area (Å²) >= 11 is 6.24. The summed E-state index contributed by atoms with van der Waals surface area (Å²) in [5, 5.41) is 0.167. The second kappa shape index (κ2) is 8.54. The van der Waals surface area contributed by atoms with Crippen LogP contribution in [0.15, 0.2) is 109 Å². The number of halogens is 1. The highest BCUT2D eigenvalue weighted by Gasteiger charge is 2.15. The standard InChI is InChI=1S/C28H18ClN5/c29-28-32-25(19-9-3-1-4-10-19)31-26(33-28)20-15-17-22(18-16-20)34-24-14-8-7-13-23(24)30-27(34)21-11-5-2-6-12-21/h1-18H. The van der Waals surface area contributed by atoms with Gasteiger partial charge in [-0.15, -0.1) is 0 Å². The maximum Gasteiger partial charge on any atom is 0.226 e. The highest BCUT2D eigenvalue weighted by atomic mass is 35.5. The van der Waals surface area contributed by atoms with Crippen molar-refractivity contribution in [3.05, 3.63) is 114 Å². The molecule has 0 atom stereocenters. The molecule has 2 heterocycles. The first-order valence-electron chi connectivity index (χ1n) is 10.9. The molecule has 0 bridgehead atoms. The van der Waals surface area contributed by atoms with Crippen molar-refractivity contribution in [3.63, 3.8) is 0 Å². The monoisotopic (exact) mass is 459 g/mol. The minimum absolute atomic E-state index is 0.167. The van der Waals surface area contributed by atoms with Gasteiger partial charge in [-0.3, -0.25) is 4.57 Å². The molecule has 0 unspecified atom stereocenters. The van der Waals surface area contributed by atoms with Crippen LogP contribution in [-0.4, -0.2) is 24.5 Å². The van der Waals surface area contributed by atoms with Crippen molar-refractivity contribution < 1.29 is 0 Å². The average Bonchev–Trinajstić information content (AvgIpc) is 3.29. The molecular weight excluding hydrogens is 442 g/mol. The maximum atomic E-state index is 6.24. The number of rotatable bonds is 4. The second-order valence-corrected chi connectivity index (χ2v) is 8.13. The Morgan fingerprint density at radius 3 is 1.74 bits per heavy atom. The molecule has 0 saturated heterocycles. The van der Waals surface area contributed by atoms with Crippen LogP contribution in [0.4, 0.5) is 0 Å². The molecule has 0 radical (unpaired) electrons. The third-order valence-electron chi connectivity index (χ3n) is 5.62. The van der Waals surface area contributed by atoms with Crippen molar-refractivity contribution in [2.75, 3.05) is 0 Å². The fraction of sp³-hybridized carbons (Fsp3) is 0. The molecule has 0 spiro atoms. The van der Waals surface area contributed by atoms with Crippen LogP contribution < -0.4 is 0 Å². The minimum atomic E-state index is 0.167. The zero-order valence-electron chi connectivity index (χ0n) is 18.0. The Morgan fingerprint density at radius 1 is 0.500 bits per heavy atom. The Balaban J connectivity index is 1.45. The lowest BCUT2D eigenvalue weighted by molar-refractivity contribution is 1.06. The minimum Gasteiger partial charge on any atom is -0.292 e. The van der Waals surface area contributed by atoms with E-state index >= 15 is 0 Å². The summed E-state index contributed by atoms with van der Waals surface area (Å²) in [5.41, 5.74) is 5.79.